The number of nitrogens with one attached hydrogen (secondary N) is 1. The summed E-state index contributed by atoms with van der Waals surface area (Å²) in [6.07, 6.45) is 2.82. The van der Waals surface area contributed by atoms with Gasteiger partial charge in [0.1, 0.15) is 0 Å². The standard InChI is InChI=1S/C13H18N2O2/c1-2-3-6-15-11(8-14)10-4-5-12-13(7-10)17-9-16-12/h2,4-5,7,11,15H,1,3,6,8-9,14H2. The van der Waals surface area contributed by atoms with E-state index < -0.39 is 0 Å². The van der Waals surface area contributed by atoms with Gasteiger partial charge in [-0.1, -0.05) is 12.1 Å². The van der Waals surface area contributed by atoms with Crippen molar-refractivity contribution in [2.75, 3.05) is 19.9 Å². The number of ether oxygens (including phenoxy) is 2. The molecule has 1 aromatic carbocycles. The summed E-state index contributed by atoms with van der Waals surface area (Å²) in [7, 11) is 0. The maximum absolute atomic E-state index is 5.77. The van der Waals surface area contributed by atoms with Crippen molar-refractivity contribution in [1.82, 2.24) is 5.32 Å². The molecule has 0 radical (unpaired) electrons. The second kappa shape index (κ2) is 5.70. The smallest absolute Gasteiger partial charge is 0.231 e. The molecule has 4 heteroatoms. The summed E-state index contributed by atoms with van der Waals surface area (Å²) in [6, 6.07) is 6.08. The third kappa shape index (κ3) is 2.78. The molecule has 0 aliphatic carbocycles. The van der Waals surface area contributed by atoms with Crippen molar-refractivity contribution in [2.45, 2.75) is 12.5 Å². The van der Waals surface area contributed by atoms with Crippen molar-refractivity contribution in [3.63, 3.8) is 0 Å². The minimum Gasteiger partial charge on any atom is -0.454 e. The molecule has 17 heavy (non-hydrogen) atoms. The molecule has 1 aliphatic heterocycles. The Kier molecular flexibility index (Phi) is 4.01. The molecule has 4 nitrogen and oxygen atoms in total. The molecular weight excluding hydrogens is 216 g/mol. The lowest BCUT2D eigenvalue weighted by atomic mass is 10.1. The Morgan fingerprint density at radius 3 is 3.00 bits per heavy atom. The maximum atomic E-state index is 5.77. The van der Waals surface area contributed by atoms with Crippen molar-refractivity contribution in [2.24, 2.45) is 5.73 Å². The highest BCUT2D eigenvalue weighted by molar-refractivity contribution is 5.45. The maximum Gasteiger partial charge on any atom is 0.231 e. The van der Waals surface area contributed by atoms with Gasteiger partial charge in [0.05, 0.1) is 0 Å². The van der Waals surface area contributed by atoms with E-state index in [4.69, 9.17) is 15.2 Å². The van der Waals surface area contributed by atoms with Gasteiger partial charge in [0, 0.05) is 12.6 Å². The second-order valence-electron chi connectivity index (χ2n) is 3.93. The van der Waals surface area contributed by atoms with Crippen molar-refractivity contribution < 1.29 is 9.47 Å². The monoisotopic (exact) mass is 234 g/mol. The lowest BCUT2D eigenvalue weighted by molar-refractivity contribution is 0.174. The lowest BCUT2D eigenvalue weighted by Crippen LogP contribution is -2.28. The SMILES string of the molecule is C=CCCNC(CN)c1ccc2c(c1)OCO2. The average Bonchev–Trinajstić information content (AvgIpc) is 2.82. The number of hydrogen-bond donors (Lipinski definition) is 2. The molecule has 0 saturated carbocycles. The molecule has 0 fully saturated rings. The largest absolute Gasteiger partial charge is 0.454 e. The van der Waals surface area contributed by atoms with Crippen LogP contribution in [0.15, 0.2) is 30.9 Å². The zero-order chi connectivity index (χ0) is 12.1. The van der Waals surface area contributed by atoms with Crippen LogP contribution in [0.2, 0.25) is 0 Å². The number of rotatable bonds is 6. The van der Waals surface area contributed by atoms with Crippen LogP contribution in [0, 0.1) is 0 Å². The van der Waals surface area contributed by atoms with Gasteiger partial charge >= 0.3 is 0 Å². The molecule has 0 spiro atoms. The van der Waals surface area contributed by atoms with Crippen molar-refractivity contribution in [1.29, 1.82) is 0 Å². The fraction of sp³-hybridized carbons (Fsp3) is 0.385. The molecule has 3 N–H and O–H groups in total. The van der Waals surface area contributed by atoms with Gasteiger partial charge in [-0.25, -0.2) is 0 Å². The number of nitrogens with two attached hydrogens (primary N) is 1. The summed E-state index contributed by atoms with van der Waals surface area (Å²) in [6.45, 7) is 5.42. The first-order chi connectivity index (χ1) is 8.35. The molecule has 92 valence electrons. The van der Waals surface area contributed by atoms with Crippen LogP contribution in [0.25, 0.3) is 0 Å². The summed E-state index contributed by atoms with van der Waals surface area (Å²) in [4.78, 5) is 0. The van der Waals surface area contributed by atoms with Gasteiger partial charge in [-0.15, -0.1) is 6.58 Å². The Morgan fingerprint density at radius 2 is 2.24 bits per heavy atom. The molecule has 2 rings (SSSR count). The van der Waals surface area contributed by atoms with Gasteiger partial charge in [-0.05, 0) is 30.7 Å². The first-order valence-electron chi connectivity index (χ1n) is 5.79. The van der Waals surface area contributed by atoms with Crippen LogP contribution in [0.1, 0.15) is 18.0 Å². The quantitative estimate of drug-likeness (QED) is 0.579. The van der Waals surface area contributed by atoms with E-state index in [1.165, 1.54) is 0 Å². The summed E-state index contributed by atoms with van der Waals surface area (Å²) >= 11 is 0. The lowest BCUT2D eigenvalue weighted by Gasteiger charge is -2.17. The highest BCUT2D eigenvalue weighted by atomic mass is 16.7. The fourth-order valence-corrected chi connectivity index (χ4v) is 1.83. The van der Waals surface area contributed by atoms with E-state index in [1.54, 1.807) is 0 Å². The molecule has 0 aromatic heterocycles. The Bertz CT molecular complexity index is 393. The summed E-state index contributed by atoms with van der Waals surface area (Å²) in [5.41, 5.74) is 6.90. The molecule has 1 atom stereocenters. The highest BCUT2D eigenvalue weighted by Crippen LogP contribution is 2.33. The highest BCUT2D eigenvalue weighted by Gasteiger charge is 2.16. The summed E-state index contributed by atoms with van der Waals surface area (Å²) in [5, 5.41) is 3.39. The number of fused-ring (bicyclic) bond motifs is 1. The van der Waals surface area contributed by atoms with E-state index in [-0.39, 0.29) is 6.04 Å². The van der Waals surface area contributed by atoms with Gasteiger partial charge in [0.25, 0.3) is 0 Å². The topological polar surface area (TPSA) is 56.5 Å². The van der Waals surface area contributed by atoms with Crippen molar-refractivity contribution in [3.05, 3.63) is 36.4 Å². The van der Waals surface area contributed by atoms with Crippen molar-refractivity contribution >= 4 is 0 Å². The van der Waals surface area contributed by atoms with Crippen LogP contribution in [0.5, 0.6) is 11.5 Å². The molecule has 1 aromatic rings. The summed E-state index contributed by atoms with van der Waals surface area (Å²) in [5.74, 6) is 1.60. The fourth-order valence-electron chi connectivity index (χ4n) is 1.83. The normalized spacial score (nSPS) is 14.6. The Balaban J connectivity index is 2.05. The zero-order valence-corrected chi connectivity index (χ0v) is 9.82. The van der Waals surface area contributed by atoms with Crippen LogP contribution in [-0.2, 0) is 0 Å². The van der Waals surface area contributed by atoms with Crippen LogP contribution >= 0.6 is 0 Å². The Morgan fingerprint density at radius 1 is 1.41 bits per heavy atom. The molecule has 0 saturated heterocycles. The summed E-state index contributed by atoms with van der Waals surface area (Å²) < 4.78 is 10.6. The number of hydrogen-bond acceptors (Lipinski definition) is 4. The molecular formula is C13H18N2O2. The first kappa shape index (κ1) is 12.0. The van der Waals surface area contributed by atoms with Crippen LogP contribution in [-0.4, -0.2) is 19.9 Å². The minimum absolute atomic E-state index is 0.143. The number of benzene rings is 1. The van der Waals surface area contributed by atoms with E-state index >= 15 is 0 Å². The van der Waals surface area contributed by atoms with Gasteiger partial charge in [-0.3, -0.25) is 0 Å². The van der Waals surface area contributed by atoms with E-state index in [0.29, 0.717) is 13.3 Å². The van der Waals surface area contributed by atoms with Crippen LogP contribution < -0.4 is 20.5 Å². The predicted octanol–water partition coefficient (Wildman–Crippen LogP) is 1.58. The Hall–Kier alpha value is -1.52. The van der Waals surface area contributed by atoms with E-state index in [0.717, 1.165) is 30.0 Å². The van der Waals surface area contributed by atoms with Crippen molar-refractivity contribution in [3.8, 4) is 11.5 Å². The van der Waals surface area contributed by atoms with Gasteiger partial charge in [-0.2, -0.15) is 0 Å². The van der Waals surface area contributed by atoms with E-state index in [1.807, 2.05) is 24.3 Å². The van der Waals surface area contributed by atoms with Crippen LogP contribution in [0.3, 0.4) is 0 Å². The van der Waals surface area contributed by atoms with E-state index in [9.17, 15) is 0 Å². The molecule has 1 aliphatic rings. The van der Waals surface area contributed by atoms with E-state index in [2.05, 4.69) is 11.9 Å². The van der Waals surface area contributed by atoms with Gasteiger partial charge in [0.15, 0.2) is 11.5 Å². The molecule has 0 bridgehead atoms. The zero-order valence-electron chi connectivity index (χ0n) is 9.82. The third-order valence-electron chi connectivity index (χ3n) is 2.77. The minimum atomic E-state index is 0.143. The second-order valence-corrected chi connectivity index (χ2v) is 3.93. The third-order valence-corrected chi connectivity index (χ3v) is 2.77. The van der Waals surface area contributed by atoms with Crippen LogP contribution in [0.4, 0.5) is 0 Å². The Labute approximate surface area is 101 Å². The molecule has 1 heterocycles. The first-order valence-corrected chi connectivity index (χ1v) is 5.79. The molecule has 1 unspecified atom stereocenters. The van der Waals surface area contributed by atoms with Gasteiger partial charge < -0.3 is 20.5 Å². The van der Waals surface area contributed by atoms with Gasteiger partial charge in [0.2, 0.25) is 6.79 Å². The average molecular weight is 234 g/mol. The molecule has 0 amide bonds. The predicted molar refractivity (Wildman–Crippen MR) is 67.2 cm³/mol.